The zero-order valence-electron chi connectivity index (χ0n) is 11.6. The lowest BCUT2D eigenvalue weighted by molar-refractivity contribution is 0.0693. The molecule has 1 atom stereocenters. The van der Waals surface area contributed by atoms with E-state index in [9.17, 15) is 9.90 Å². The minimum atomic E-state index is -0.917. The van der Waals surface area contributed by atoms with E-state index in [1.807, 2.05) is 24.8 Å². The van der Waals surface area contributed by atoms with Crippen LogP contribution in [0.2, 0.25) is 0 Å². The minimum Gasteiger partial charge on any atom is -0.478 e. The van der Waals surface area contributed by atoms with Gasteiger partial charge in [0.25, 0.3) is 0 Å². The summed E-state index contributed by atoms with van der Waals surface area (Å²) in [7, 11) is 1.70. The Morgan fingerprint density at radius 3 is 2.89 bits per heavy atom. The predicted molar refractivity (Wildman–Crippen MR) is 72.9 cm³/mol. The molecule has 2 heterocycles. The summed E-state index contributed by atoms with van der Waals surface area (Å²) >= 11 is 0. The number of pyridine rings is 1. The van der Waals surface area contributed by atoms with Gasteiger partial charge in [-0.05, 0) is 38.3 Å². The van der Waals surface area contributed by atoms with Crippen molar-refractivity contribution in [2.24, 2.45) is 0 Å². The zero-order valence-corrected chi connectivity index (χ0v) is 11.6. The third kappa shape index (κ3) is 2.87. The molecule has 1 saturated heterocycles. The summed E-state index contributed by atoms with van der Waals surface area (Å²) in [5.74, 6) is -0.341. The number of anilines is 1. The van der Waals surface area contributed by atoms with Gasteiger partial charge in [-0.1, -0.05) is 0 Å². The SMILES string of the molecule is COC1CCCN(c2nc(C)cc(C)c2C(=O)O)C1. The molecule has 1 aromatic rings. The summed E-state index contributed by atoms with van der Waals surface area (Å²) in [4.78, 5) is 17.9. The number of carboxylic acids is 1. The van der Waals surface area contributed by atoms with Crippen molar-refractivity contribution in [3.05, 3.63) is 22.9 Å². The first kappa shape index (κ1) is 13.8. The zero-order chi connectivity index (χ0) is 14.0. The Morgan fingerprint density at radius 1 is 1.53 bits per heavy atom. The van der Waals surface area contributed by atoms with Crippen molar-refractivity contribution in [1.29, 1.82) is 0 Å². The number of piperidine rings is 1. The number of nitrogens with zero attached hydrogens (tertiary/aromatic N) is 2. The van der Waals surface area contributed by atoms with Crippen molar-refractivity contribution in [3.63, 3.8) is 0 Å². The Labute approximate surface area is 113 Å². The second-order valence-corrected chi connectivity index (χ2v) is 5.03. The second kappa shape index (κ2) is 5.57. The van der Waals surface area contributed by atoms with Crippen LogP contribution in [0.3, 0.4) is 0 Å². The number of aromatic carboxylic acids is 1. The van der Waals surface area contributed by atoms with Gasteiger partial charge < -0.3 is 14.7 Å². The van der Waals surface area contributed by atoms with E-state index in [0.29, 0.717) is 17.9 Å². The summed E-state index contributed by atoms with van der Waals surface area (Å²) in [5, 5.41) is 9.39. The molecule has 0 amide bonds. The Balaban J connectivity index is 2.40. The first-order valence-electron chi connectivity index (χ1n) is 6.52. The standard InChI is InChI=1S/C14H20N2O3/c1-9-7-10(2)15-13(12(9)14(17)18)16-6-4-5-11(8-16)19-3/h7,11H,4-6,8H2,1-3H3,(H,17,18). The number of carboxylic acid groups (broad SMARTS) is 1. The fourth-order valence-electron chi connectivity index (χ4n) is 2.63. The van der Waals surface area contributed by atoms with Gasteiger partial charge in [-0.3, -0.25) is 0 Å². The molecule has 104 valence electrons. The molecule has 0 radical (unpaired) electrons. The van der Waals surface area contributed by atoms with Crippen LogP contribution in [0, 0.1) is 13.8 Å². The third-order valence-corrected chi connectivity index (χ3v) is 3.55. The number of ether oxygens (including phenoxy) is 1. The van der Waals surface area contributed by atoms with Gasteiger partial charge in [-0.15, -0.1) is 0 Å². The van der Waals surface area contributed by atoms with Crippen LogP contribution in [-0.4, -0.2) is 42.4 Å². The monoisotopic (exact) mass is 264 g/mol. The van der Waals surface area contributed by atoms with Crippen LogP contribution in [0.25, 0.3) is 0 Å². The van der Waals surface area contributed by atoms with E-state index in [0.717, 1.165) is 30.6 Å². The maximum atomic E-state index is 11.4. The summed E-state index contributed by atoms with van der Waals surface area (Å²) in [6.45, 7) is 5.24. The fourth-order valence-corrected chi connectivity index (χ4v) is 2.63. The quantitative estimate of drug-likeness (QED) is 0.904. The lowest BCUT2D eigenvalue weighted by atomic mass is 10.0. The summed E-state index contributed by atoms with van der Waals surface area (Å²) in [5.41, 5.74) is 1.91. The molecule has 1 unspecified atom stereocenters. The van der Waals surface area contributed by atoms with Crippen LogP contribution in [0.15, 0.2) is 6.07 Å². The Bertz CT molecular complexity index is 488. The van der Waals surface area contributed by atoms with Crippen molar-refractivity contribution >= 4 is 11.8 Å². The Hall–Kier alpha value is -1.62. The predicted octanol–water partition coefficient (Wildman–Crippen LogP) is 2.01. The molecule has 0 saturated carbocycles. The van der Waals surface area contributed by atoms with Crippen molar-refractivity contribution < 1.29 is 14.6 Å². The highest BCUT2D eigenvalue weighted by Gasteiger charge is 2.25. The molecule has 2 rings (SSSR count). The van der Waals surface area contributed by atoms with E-state index in [1.54, 1.807) is 7.11 Å². The minimum absolute atomic E-state index is 0.151. The normalized spacial score (nSPS) is 19.5. The van der Waals surface area contributed by atoms with E-state index in [1.165, 1.54) is 0 Å². The highest BCUT2D eigenvalue weighted by atomic mass is 16.5. The molecular weight excluding hydrogens is 244 g/mol. The molecule has 0 aliphatic carbocycles. The number of rotatable bonds is 3. The smallest absolute Gasteiger partial charge is 0.339 e. The first-order chi connectivity index (χ1) is 9.02. The number of carbonyl (C=O) groups is 1. The van der Waals surface area contributed by atoms with Crippen LogP contribution in [0.4, 0.5) is 5.82 Å². The molecule has 1 N–H and O–H groups in total. The Morgan fingerprint density at radius 2 is 2.26 bits per heavy atom. The molecule has 1 aliphatic rings. The largest absolute Gasteiger partial charge is 0.478 e. The number of methoxy groups -OCH3 is 1. The number of aryl methyl sites for hydroxylation is 2. The molecule has 1 aliphatic heterocycles. The maximum absolute atomic E-state index is 11.4. The topological polar surface area (TPSA) is 62.7 Å². The molecule has 19 heavy (non-hydrogen) atoms. The van der Waals surface area contributed by atoms with Crippen LogP contribution < -0.4 is 4.90 Å². The fraction of sp³-hybridized carbons (Fsp3) is 0.571. The lowest BCUT2D eigenvalue weighted by Gasteiger charge is -2.33. The number of aromatic nitrogens is 1. The lowest BCUT2D eigenvalue weighted by Crippen LogP contribution is -2.40. The highest BCUT2D eigenvalue weighted by Crippen LogP contribution is 2.26. The van der Waals surface area contributed by atoms with Gasteiger partial charge >= 0.3 is 5.97 Å². The van der Waals surface area contributed by atoms with Gasteiger partial charge in [0.2, 0.25) is 0 Å². The van der Waals surface area contributed by atoms with E-state index in [-0.39, 0.29) is 6.10 Å². The van der Waals surface area contributed by atoms with E-state index in [2.05, 4.69) is 4.98 Å². The van der Waals surface area contributed by atoms with Gasteiger partial charge in [0, 0.05) is 25.9 Å². The number of hydrogen-bond acceptors (Lipinski definition) is 4. The highest BCUT2D eigenvalue weighted by molar-refractivity contribution is 5.95. The van der Waals surface area contributed by atoms with E-state index >= 15 is 0 Å². The molecule has 5 nitrogen and oxygen atoms in total. The van der Waals surface area contributed by atoms with Crippen molar-refractivity contribution in [2.45, 2.75) is 32.8 Å². The average molecular weight is 264 g/mol. The summed E-state index contributed by atoms with van der Waals surface area (Å²) in [6, 6.07) is 1.81. The third-order valence-electron chi connectivity index (χ3n) is 3.55. The maximum Gasteiger partial charge on any atom is 0.339 e. The van der Waals surface area contributed by atoms with Crippen LogP contribution in [0.5, 0.6) is 0 Å². The van der Waals surface area contributed by atoms with Crippen LogP contribution in [-0.2, 0) is 4.74 Å². The molecule has 0 spiro atoms. The summed E-state index contributed by atoms with van der Waals surface area (Å²) in [6.07, 6.45) is 2.16. The molecule has 1 aromatic heterocycles. The molecule has 0 aromatic carbocycles. The van der Waals surface area contributed by atoms with Crippen molar-refractivity contribution in [2.75, 3.05) is 25.1 Å². The molecular formula is C14H20N2O3. The molecule has 1 fully saturated rings. The van der Waals surface area contributed by atoms with E-state index in [4.69, 9.17) is 4.74 Å². The summed E-state index contributed by atoms with van der Waals surface area (Å²) < 4.78 is 5.39. The van der Waals surface area contributed by atoms with Crippen molar-refractivity contribution in [3.8, 4) is 0 Å². The second-order valence-electron chi connectivity index (χ2n) is 5.03. The Kier molecular flexibility index (Phi) is 4.04. The van der Waals surface area contributed by atoms with Gasteiger partial charge in [0.15, 0.2) is 0 Å². The molecule has 0 bridgehead atoms. The number of hydrogen-bond donors (Lipinski definition) is 1. The van der Waals surface area contributed by atoms with E-state index < -0.39 is 5.97 Å². The first-order valence-corrected chi connectivity index (χ1v) is 6.52. The van der Waals surface area contributed by atoms with Crippen molar-refractivity contribution in [1.82, 2.24) is 4.98 Å². The van der Waals surface area contributed by atoms with Crippen LogP contribution >= 0.6 is 0 Å². The van der Waals surface area contributed by atoms with Gasteiger partial charge in [0.05, 0.1) is 6.10 Å². The van der Waals surface area contributed by atoms with Gasteiger partial charge in [-0.25, -0.2) is 9.78 Å². The average Bonchev–Trinajstić information content (AvgIpc) is 2.37. The molecule has 5 heteroatoms. The van der Waals surface area contributed by atoms with Crippen LogP contribution in [0.1, 0.15) is 34.5 Å². The van der Waals surface area contributed by atoms with Gasteiger partial charge in [0.1, 0.15) is 11.4 Å². The van der Waals surface area contributed by atoms with Gasteiger partial charge in [-0.2, -0.15) is 0 Å².